The van der Waals surface area contributed by atoms with Crippen LogP contribution in [0.3, 0.4) is 0 Å². The molecule has 0 radical (unpaired) electrons. The lowest BCUT2D eigenvalue weighted by molar-refractivity contribution is -0.548. The van der Waals surface area contributed by atoms with Crippen LogP contribution in [-0.2, 0) is 23.7 Å². The van der Waals surface area contributed by atoms with E-state index in [1.165, 1.54) is 0 Å². The lowest BCUT2D eigenvalue weighted by atomic mass is 10.6. The van der Waals surface area contributed by atoms with Gasteiger partial charge in [0.15, 0.2) is 0 Å². The Kier molecular flexibility index (Phi) is 12.9. The Morgan fingerprint density at radius 2 is 1.72 bits per heavy atom. The maximum atomic E-state index is 10.9. The zero-order chi connectivity index (χ0) is 13.5. The molecule has 0 spiro atoms. The zero-order valence-electron chi connectivity index (χ0n) is 10.6. The molecule has 18 heavy (non-hydrogen) atoms. The summed E-state index contributed by atoms with van der Waals surface area (Å²) in [6.07, 6.45) is 0. The van der Waals surface area contributed by atoms with Crippen LogP contribution in [0.1, 0.15) is 6.92 Å². The van der Waals surface area contributed by atoms with Crippen molar-refractivity contribution >= 4 is 5.97 Å². The number of hydrazine groups is 1. The van der Waals surface area contributed by atoms with Crippen LogP contribution >= 0.6 is 0 Å². The molecule has 0 aromatic carbocycles. The topological polar surface area (TPSA) is 102 Å². The zero-order valence-corrected chi connectivity index (χ0v) is 10.6. The Morgan fingerprint density at radius 3 is 2.33 bits per heavy atom. The number of hydrogen-bond donors (Lipinski definition) is 2. The number of nitrogens with zero attached hydrogens (tertiary/aromatic N) is 1. The van der Waals surface area contributed by atoms with E-state index in [2.05, 4.69) is 10.2 Å². The fraction of sp³-hybridized carbons (Fsp3) is 0.900. The molecule has 0 rings (SSSR count). The highest BCUT2D eigenvalue weighted by Crippen LogP contribution is 1.83. The summed E-state index contributed by atoms with van der Waals surface area (Å²) in [5.74, 6) is -0.370. The van der Waals surface area contributed by atoms with Gasteiger partial charge >= 0.3 is 5.97 Å². The van der Waals surface area contributed by atoms with Crippen molar-refractivity contribution in [3.63, 3.8) is 0 Å². The quantitative estimate of drug-likeness (QED) is 0.176. The second-order valence-electron chi connectivity index (χ2n) is 3.12. The van der Waals surface area contributed by atoms with Gasteiger partial charge in [-0.1, -0.05) is 0 Å². The van der Waals surface area contributed by atoms with Crippen molar-refractivity contribution in [2.75, 3.05) is 52.8 Å². The summed E-state index contributed by atoms with van der Waals surface area (Å²) >= 11 is 0. The van der Waals surface area contributed by atoms with E-state index in [9.17, 15) is 4.79 Å². The number of esters is 1. The van der Waals surface area contributed by atoms with Crippen molar-refractivity contribution in [2.45, 2.75) is 6.92 Å². The molecular weight excluding hydrogens is 242 g/mol. The average molecular weight is 263 g/mol. The molecule has 0 amide bonds. The number of hydrogen-bond acceptors (Lipinski definition) is 5. The number of carbonyl (C=O) groups excluding carboxylic acids is 1. The predicted molar refractivity (Wildman–Crippen MR) is 61.4 cm³/mol. The third-order valence-electron chi connectivity index (χ3n) is 1.72. The Labute approximate surface area is 106 Å². The first kappa shape index (κ1) is 16.8. The van der Waals surface area contributed by atoms with Gasteiger partial charge in [-0.25, -0.2) is 4.79 Å². The molecule has 0 saturated carbocycles. The first-order valence-electron chi connectivity index (χ1n) is 5.82. The summed E-state index contributed by atoms with van der Waals surface area (Å²) in [4.78, 5) is 10.9. The number of nitrogens with one attached hydrogen (secondary N) is 2. The van der Waals surface area contributed by atoms with E-state index < -0.39 is 0 Å². The molecule has 0 aliphatic heterocycles. The summed E-state index contributed by atoms with van der Waals surface area (Å²) in [5, 5.41) is 1.80. The predicted octanol–water partition coefficient (Wildman–Crippen LogP) is -1.79. The second-order valence-corrected chi connectivity index (χ2v) is 3.12. The minimum atomic E-state index is -0.370. The third-order valence-corrected chi connectivity index (χ3v) is 1.72. The SMILES string of the molecule is CCOC(=O)COCCOCCOCCN[NH+]=[N-]. The van der Waals surface area contributed by atoms with E-state index in [-0.39, 0.29) is 12.6 Å². The van der Waals surface area contributed by atoms with E-state index in [4.69, 9.17) is 19.7 Å². The van der Waals surface area contributed by atoms with Gasteiger partial charge < -0.3 is 18.9 Å². The summed E-state index contributed by atoms with van der Waals surface area (Å²) < 4.78 is 20.1. The normalized spacial score (nSPS) is 10.1. The summed E-state index contributed by atoms with van der Waals surface area (Å²) in [6, 6.07) is 0. The van der Waals surface area contributed by atoms with Crippen LogP contribution in [0.5, 0.6) is 0 Å². The van der Waals surface area contributed by atoms with Crippen LogP contribution in [0.2, 0.25) is 0 Å². The molecular formula is C10H21N3O5. The standard InChI is InChI=1S/C10H21N3O5/c1-2-18-10(14)9-17-8-7-16-6-5-15-4-3-12-13-11/h13H,2-9H2,1H3,(H-,11,12). The molecule has 0 aliphatic carbocycles. The van der Waals surface area contributed by atoms with E-state index in [0.29, 0.717) is 46.2 Å². The average Bonchev–Trinajstić information content (AvgIpc) is 2.36. The van der Waals surface area contributed by atoms with Crippen molar-refractivity contribution in [3.05, 3.63) is 5.53 Å². The van der Waals surface area contributed by atoms with Gasteiger partial charge in [0.25, 0.3) is 0 Å². The van der Waals surface area contributed by atoms with Crippen LogP contribution < -0.4 is 10.6 Å². The molecule has 0 unspecified atom stereocenters. The molecule has 8 heteroatoms. The lowest BCUT2D eigenvalue weighted by Gasteiger charge is -2.06. The monoisotopic (exact) mass is 263 g/mol. The third kappa shape index (κ3) is 12.8. The van der Waals surface area contributed by atoms with Crippen LogP contribution in [0, 0.1) is 0 Å². The molecule has 0 aromatic rings. The molecule has 0 atom stereocenters. The largest absolute Gasteiger partial charge is 0.464 e. The number of carbonyl (C=O) groups is 1. The van der Waals surface area contributed by atoms with E-state index in [1.807, 2.05) is 0 Å². The lowest BCUT2D eigenvalue weighted by Crippen LogP contribution is -2.75. The summed E-state index contributed by atoms with van der Waals surface area (Å²) in [5.41, 5.74) is 10.6. The Bertz CT molecular complexity index is 216. The van der Waals surface area contributed by atoms with Crippen molar-refractivity contribution < 1.29 is 29.0 Å². The van der Waals surface area contributed by atoms with Crippen molar-refractivity contribution in [3.8, 4) is 0 Å². The van der Waals surface area contributed by atoms with Crippen molar-refractivity contribution in [2.24, 2.45) is 0 Å². The number of ether oxygens (including phenoxy) is 4. The van der Waals surface area contributed by atoms with Gasteiger partial charge in [0.1, 0.15) is 6.61 Å². The molecule has 106 valence electrons. The van der Waals surface area contributed by atoms with Crippen molar-refractivity contribution in [1.29, 1.82) is 0 Å². The minimum Gasteiger partial charge on any atom is -0.464 e. The molecule has 0 aromatic heterocycles. The van der Waals surface area contributed by atoms with Gasteiger partial charge in [0, 0.05) is 6.54 Å². The molecule has 0 bridgehead atoms. The van der Waals surface area contributed by atoms with Crippen LogP contribution in [0.15, 0.2) is 0 Å². The highest BCUT2D eigenvalue weighted by Gasteiger charge is 2.00. The first-order chi connectivity index (χ1) is 8.81. The summed E-state index contributed by atoms with van der Waals surface area (Å²) in [7, 11) is 0. The molecule has 0 heterocycles. The number of rotatable bonds is 13. The highest BCUT2D eigenvalue weighted by atomic mass is 16.6. The van der Waals surface area contributed by atoms with Gasteiger partial charge in [-0.3, -0.25) is 5.43 Å². The van der Waals surface area contributed by atoms with Gasteiger partial charge in [0.2, 0.25) is 0 Å². The molecule has 0 aliphatic rings. The van der Waals surface area contributed by atoms with Gasteiger partial charge in [-0.05, 0) is 6.92 Å². The molecule has 0 fully saturated rings. The molecule has 8 nitrogen and oxygen atoms in total. The van der Waals surface area contributed by atoms with Crippen molar-refractivity contribution in [1.82, 2.24) is 5.43 Å². The van der Waals surface area contributed by atoms with Gasteiger partial charge in [0.05, 0.1) is 39.6 Å². The second kappa shape index (κ2) is 13.8. The van der Waals surface area contributed by atoms with Crippen LogP contribution in [-0.4, -0.2) is 58.8 Å². The Hall–Kier alpha value is -1.25. The highest BCUT2D eigenvalue weighted by molar-refractivity contribution is 5.70. The van der Waals surface area contributed by atoms with Gasteiger partial charge in [-0.15, -0.1) is 0 Å². The smallest absolute Gasteiger partial charge is 0.332 e. The first-order valence-corrected chi connectivity index (χ1v) is 5.82. The summed E-state index contributed by atoms with van der Waals surface area (Å²) in [6.45, 7) is 4.68. The fourth-order valence-corrected chi connectivity index (χ4v) is 0.977. The molecule has 2 N–H and O–H groups in total. The Balaban J connectivity index is 3.03. The fourth-order valence-electron chi connectivity index (χ4n) is 0.977. The maximum absolute atomic E-state index is 10.9. The van der Waals surface area contributed by atoms with E-state index in [1.54, 1.807) is 12.1 Å². The Morgan fingerprint density at radius 1 is 1.11 bits per heavy atom. The van der Waals surface area contributed by atoms with Crippen LogP contribution in [0.4, 0.5) is 0 Å². The molecule has 0 saturated heterocycles. The van der Waals surface area contributed by atoms with E-state index >= 15 is 0 Å². The van der Waals surface area contributed by atoms with Crippen LogP contribution in [0.25, 0.3) is 5.53 Å². The van der Waals surface area contributed by atoms with E-state index in [0.717, 1.165) is 0 Å². The minimum absolute atomic E-state index is 0.0481. The van der Waals surface area contributed by atoms with Gasteiger partial charge in [-0.2, -0.15) is 10.8 Å². The maximum Gasteiger partial charge on any atom is 0.332 e.